The predicted octanol–water partition coefficient (Wildman–Crippen LogP) is 3.33. The molecule has 0 amide bonds. The second kappa shape index (κ2) is 6.86. The van der Waals surface area contributed by atoms with Crippen molar-refractivity contribution < 1.29 is 0 Å². The number of hydrogen-bond donors (Lipinski definition) is 1. The van der Waals surface area contributed by atoms with Gasteiger partial charge in [-0.15, -0.1) is 0 Å². The van der Waals surface area contributed by atoms with Gasteiger partial charge in [0.1, 0.15) is 17.5 Å². The van der Waals surface area contributed by atoms with Gasteiger partial charge in [-0.05, 0) is 36.2 Å². The molecule has 0 unspecified atom stereocenters. The predicted molar refractivity (Wildman–Crippen MR) is 109 cm³/mol. The molecule has 3 heterocycles. The highest BCUT2D eigenvalue weighted by atomic mass is 15.2. The molecule has 4 aromatic rings. The number of anilines is 1. The van der Waals surface area contributed by atoms with E-state index in [1.165, 1.54) is 0 Å². The zero-order chi connectivity index (χ0) is 19.0. The molecule has 136 valence electrons. The van der Waals surface area contributed by atoms with Gasteiger partial charge in [0, 0.05) is 25.0 Å². The summed E-state index contributed by atoms with van der Waals surface area (Å²) in [6.07, 6.45) is 0. The highest BCUT2D eigenvalue weighted by molar-refractivity contribution is 5.91. The van der Waals surface area contributed by atoms with E-state index in [9.17, 15) is 5.26 Å². The van der Waals surface area contributed by atoms with E-state index in [-0.39, 0.29) is 0 Å². The van der Waals surface area contributed by atoms with Crippen LogP contribution in [-0.2, 0) is 0 Å². The Bertz CT molecular complexity index is 1170. The van der Waals surface area contributed by atoms with Gasteiger partial charge < -0.3 is 10.6 Å². The van der Waals surface area contributed by atoms with Crippen molar-refractivity contribution in [2.24, 2.45) is 11.7 Å². The molecule has 0 bridgehead atoms. The smallest absolute Gasteiger partial charge is 0.157 e. The van der Waals surface area contributed by atoms with Gasteiger partial charge in [0.25, 0.3) is 0 Å². The van der Waals surface area contributed by atoms with Gasteiger partial charge in [-0.3, -0.25) is 4.40 Å². The van der Waals surface area contributed by atoms with Crippen molar-refractivity contribution >= 4 is 33.5 Å². The van der Waals surface area contributed by atoms with E-state index < -0.39 is 0 Å². The monoisotopic (exact) mass is 358 g/mol. The van der Waals surface area contributed by atoms with Gasteiger partial charge in [0.15, 0.2) is 5.65 Å². The number of fused-ring (bicyclic) bond motifs is 5. The lowest BCUT2D eigenvalue weighted by atomic mass is 10.2. The molecule has 1 aromatic carbocycles. The number of nitrogens with two attached hydrogens (primary N) is 1. The lowest BCUT2D eigenvalue weighted by Crippen LogP contribution is -2.33. The molecule has 0 aliphatic heterocycles. The number of imidazole rings is 1. The molecule has 0 spiro atoms. The number of nitriles is 1. The summed E-state index contributed by atoms with van der Waals surface area (Å²) >= 11 is 0. The third kappa shape index (κ3) is 2.96. The maximum atomic E-state index is 9.59. The van der Waals surface area contributed by atoms with E-state index in [2.05, 4.69) is 29.8 Å². The van der Waals surface area contributed by atoms with Gasteiger partial charge >= 0.3 is 0 Å². The van der Waals surface area contributed by atoms with Gasteiger partial charge in [-0.1, -0.05) is 26.0 Å². The first kappa shape index (κ1) is 17.3. The molecule has 27 heavy (non-hydrogen) atoms. The van der Waals surface area contributed by atoms with Crippen LogP contribution >= 0.6 is 0 Å². The number of rotatable bonds is 5. The normalized spacial score (nSPS) is 11.5. The Balaban J connectivity index is 2.02. The number of hydrogen-bond acceptors (Lipinski definition) is 5. The van der Waals surface area contributed by atoms with E-state index in [1.54, 1.807) is 0 Å². The van der Waals surface area contributed by atoms with Crippen molar-refractivity contribution in [3.05, 3.63) is 48.0 Å². The zero-order valence-corrected chi connectivity index (χ0v) is 15.6. The maximum absolute atomic E-state index is 9.59. The number of benzene rings is 1. The van der Waals surface area contributed by atoms with E-state index in [0.29, 0.717) is 23.7 Å². The molecule has 0 fully saturated rings. The second-order valence-corrected chi connectivity index (χ2v) is 7.14. The lowest BCUT2D eigenvalue weighted by Gasteiger charge is -2.25. The highest BCUT2D eigenvalue weighted by Crippen LogP contribution is 2.27. The van der Waals surface area contributed by atoms with E-state index in [4.69, 9.17) is 10.7 Å². The van der Waals surface area contributed by atoms with Crippen molar-refractivity contribution in [1.82, 2.24) is 14.4 Å². The first-order chi connectivity index (χ1) is 13.1. The Kier molecular flexibility index (Phi) is 4.38. The molecule has 2 N–H and O–H groups in total. The van der Waals surface area contributed by atoms with Crippen molar-refractivity contribution in [2.75, 3.05) is 24.5 Å². The minimum Gasteiger partial charge on any atom is -0.355 e. The Labute approximate surface area is 157 Å². The summed E-state index contributed by atoms with van der Waals surface area (Å²) in [6.45, 7) is 6.58. The average molecular weight is 358 g/mol. The fraction of sp³-hybridized carbons (Fsp3) is 0.286. The summed E-state index contributed by atoms with van der Waals surface area (Å²) in [5.74, 6) is 1.40. The highest BCUT2D eigenvalue weighted by Gasteiger charge is 2.16. The van der Waals surface area contributed by atoms with Crippen LogP contribution in [0.1, 0.15) is 19.4 Å². The van der Waals surface area contributed by atoms with Crippen LogP contribution in [0.5, 0.6) is 0 Å². The van der Waals surface area contributed by atoms with Crippen molar-refractivity contribution in [3.8, 4) is 6.07 Å². The molecule has 0 saturated heterocycles. The molecule has 0 aliphatic carbocycles. The van der Waals surface area contributed by atoms with E-state index in [1.807, 2.05) is 46.9 Å². The quantitative estimate of drug-likeness (QED) is 0.592. The minimum atomic E-state index is 0.504. The summed E-state index contributed by atoms with van der Waals surface area (Å²) in [4.78, 5) is 11.8. The van der Waals surface area contributed by atoms with Crippen LogP contribution in [0.15, 0.2) is 42.5 Å². The summed E-state index contributed by atoms with van der Waals surface area (Å²) < 4.78 is 1.99. The third-order valence-corrected chi connectivity index (χ3v) is 4.63. The molecular formula is C21H22N6. The molecule has 3 aromatic heterocycles. The summed E-state index contributed by atoms with van der Waals surface area (Å²) in [5, 5.41) is 10.5. The SMILES string of the molecule is CC(C)CN(CCN)c1ccc2cc(C#N)c3nc4ccccc4n3c2n1. The molecule has 4 rings (SSSR count). The summed E-state index contributed by atoms with van der Waals surface area (Å²) in [5.41, 5.74) is 9.63. The zero-order valence-electron chi connectivity index (χ0n) is 15.6. The van der Waals surface area contributed by atoms with Crippen LogP contribution in [0.25, 0.3) is 27.7 Å². The topological polar surface area (TPSA) is 83.2 Å². The molecule has 0 radical (unpaired) electrons. The average Bonchev–Trinajstić information content (AvgIpc) is 3.06. The minimum absolute atomic E-state index is 0.504. The fourth-order valence-corrected chi connectivity index (χ4v) is 3.54. The second-order valence-electron chi connectivity index (χ2n) is 7.14. The fourth-order valence-electron chi connectivity index (χ4n) is 3.54. The molecule has 0 atom stereocenters. The van der Waals surface area contributed by atoms with Crippen molar-refractivity contribution in [3.63, 3.8) is 0 Å². The van der Waals surface area contributed by atoms with Crippen molar-refractivity contribution in [1.29, 1.82) is 5.26 Å². The van der Waals surface area contributed by atoms with Gasteiger partial charge in [-0.2, -0.15) is 5.26 Å². The third-order valence-electron chi connectivity index (χ3n) is 4.63. The Hall–Kier alpha value is -3.17. The Morgan fingerprint density at radius 2 is 1.96 bits per heavy atom. The molecule has 6 nitrogen and oxygen atoms in total. The Morgan fingerprint density at radius 1 is 1.15 bits per heavy atom. The van der Waals surface area contributed by atoms with Gasteiger partial charge in [0.2, 0.25) is 0 Å². The number of para-hydroxylation sites is 2. The standard InChI is InChI=1S/C21H22N6/c1-14(2)13-26(10-9-22)19-8-7-15-11-16(12-23)21-24-17-5-3-4-6-18(17)27(21)20(15)25-19/h3-8,11,14H,9-10,13,22H2,1-2H3. The number of pyridine rings is 2. The van der Waals surface area contributed by atoms with E-state index >= 15 is 0 Å². The summed E-state index contributed by atoms with van der Waals surface area (Å²) in [7, 11) is 0. The molecular weight excluding hydrogens is 336 g/mol. The van der Waals surface area contributed by atoms with Crippen LogP contribution in [0, 0.1) is 17.2 Å². The molecule has 0 saturated carbocycles. The van der Waals surface area contributed by atoms with Crippen LogP contribution in [0.2, 0.25) is 0 Å². The van der Waals surface area contributed by atoms with Gasteiger partial charge in [-0.25, -0.2) is 9.97 Å². The maximum Gasteiger partial charge on any atom is 0.157 e. The first-order valence-electron chi connectivity index (χ1n) is 9.18. The number of nitrogens with zero attached hydrogens (tertiary/aromatic N) is 5. The van der Waals surface area contributed by atoms with E-state index in [0.717, 1.165) is 41.0 Å². The molecule has 6 heteroatoms. The van der Waals surface area contributed by atoms with Crippen molar-refractivity contribution in [2.45, 2.75) is 13.8 Å². The summed E-state index contributed by atoms with van der Waals surface area (Å²) in [6, 6.07) is 16.1. The lowest BCUT2D eigenvalue weighted by molar-refractivity contribution is 0.608. The van der Waals surface area contributed by atoms with Crippen LogP contribution in [0.4, 0.5) is 5.82 Å². The largest absolute Gasteiger partial charge is 0.355 e. The molecule has 0 aliphatic rings. The first-order valence-corrected chi connectivity index (χ1v) is 9.18. The van der Waals surface area contributed by atoms with Gasteiger partial charge in [0.05, 0.1) is 16.6 Å². The van der Waals surface area contributed by atoms with Crippen LogP contribution in [0.3, 0.4) is 0 Å². The van der Waals surface area contributed by atoms with Crippen LogP contribution in [-0.4, -0.2) is 34.0 Å². The van der Waals surface area contributed by atoms with Crippen LogP contribution < -0.4 is 10.6 Å². The number of aromatic nitrogens is 3. The Morgan fingerprint density at radius 3 is 2.70 bits per heavy atom.